The number of carboxylic acid groups (broad SMARTS) is 1. The van der Waals surface area contributed by atoms with Crippen LogP contribution in [0.25, 0.3) is 0 Å². The first-order valence-electron chi connectivity index (χ1n) is 6.38. The smallest absolute Gasteiger partial charge is 0.326 e. The van der Waals surface area contributed by atoms with Gasteiger partial charge in [0.05, 0.1) is 0 Å². The van der Waals surface area contributed by atoms with Gasteiger partial charge in [-0.1, -0.05) is 12.2 Å². The summed E-state index contributed by atoms with van der Waals surface area (Å²) in [5, 5.41) is 9.15. The Balaban J connectivity index is 2.05. The predicted molar refractivity (Wildman–Crippen MR) is 63.5 cm³/mol. The summed E-state index contributed by atoms with van der Waals surface area (Å²) in [5.41, 5.74) is 0. The lowest BCUT2D eigenvalue weighted by atomic mass is 9.91. The van der Waals surface area contributed by atoms with Crippen LogP contribution in [0, 0.1) is 5.92 Å². The van der Waals surface area contributed by atoms with Crippen LogP contribution in [-0.4, -0.2) is 34.5 Å². The molecular weight excluding hydrogens is 218 g/mol. The van der Waals surface area contributed by atoms with Gasteiger partial charge in [0, 0.05) is 12.5 Å². The molecule has 1 amide bonds. The maximum Gasteiger partial charge on any atom is 0.326 e. The largest absolute Gasteiger partial charge is 0.480 e. The van der Waals surface area contributed by atoms with Crippen molar-refractivity contribution >= 4 is 11.9 Å². The van der Waals surface area contributed by atoms with Gasteiger partial charge in [-0.15, -0.1) is 0 Å². The molecule has 1 fully saturated rings. The van der Waals surface area contributed by atoms with E-state index in [1.165, 1.54) is 0 Å². The predicted octanol–water partition coefficient (Wildman–Crippen LogP) is 1.81. The molecule has 2 aliphatic rings. The molecule has 1 aliphatic carbocycles. The van der Waals surface area contributed by atoms with Crippen molar-refractivity contribution in [2.75, 3.05) is 6.54 Å². The minimum Gasteiger partial charge on any atom is -0.480 e. The van der Waals surface area contributed by atoms with Crippen molar-refractivity contribution < 1.29 is 14.7 Å². The van der Waals surface area contributed by atoms with E-state index in [0.29, 0.717) is 13.0 Å². The summed E-state index contributed by atoms with van der Waals surface area (Å²) >= 11 is 0. The van der Waals surface area contributed by atoms with Gasteiger partial charge in [0.2, 0.25) is 5.91 Å². The highest BCUT2D eigenvalue weighted by Crippen LogP contribution is 2.25. The van der Waals surface area contributed by atoms with Crippen LogP contribution in [0.2, 0.25) is 0 Å². The number of hydrogen-bond donors (Lipinski definition) is 1. The number of allylic oxidation sites excluding steroid dienone is 2. The Labute approximate surface area is 101 Å². The van der Waals surface area contributed by atoms with Crippen LogP contribution in [0.5, 0.6) is 0 Å². The van der Waals surface area contributed by atoms with Crippen molar-refractivity contribution in [3.8, 4) is 0 Å². The maximum atomic E-state index is 12.3. The van der Waals surface area contributed by atoms with Crippen molar-refractivity contribution in [1.82, 2.24) is 4.90 Å². The second-order valence-electron chi connectivity index (χ2n) is 4.86. The summed E-state index contributed by atoms with van der Waals surface area (Å²) in [6.45, 7) is 0.607. The standard InChI is InChI=1S/C13H19NO3/c15-12(10-6-2-1-3-7-10)14-9-5-4-8-11(14)13(16)17/h1-2,10-11H,3-9H2,(H,16,17)/t10?,11-/m0/s1. The molecule has 4 nitrogen and oxygen atoms in total. The lowest BCUT2D eigenvalue weighted by Crippen LogP contribution is -2.50. The average molecular weight is 237 g/mol. The first-order chi connectivity index (χ1) is 8.20. The van der Waals surface area contributed by atoms with Gasteiger partial charge in [-0.3, -0.25) is 4.79 Å². The molecular formula is C13H19NO3. The number of carbonyl (C=O) groups excluding carboxylic acids is 1. The zero-order chi connectivity index (χ0) is 12.3. The van der Waals surface area contributed by atoms with Crippen molar-refractivity contribution in [1.29, 1.82) is 0 Å². The fourth-order valence-electron chi connectivity index (χ4n) is 2.70. The Kier molecular flexibility index (Phi) is 3.82. The number of carboxylic acids is 1. The minimum absolute atomic E-state index is 0.0000463. The molecule has 0 bridgehead atoms. The SMILES string of the molecule is O=C(O)[C@@H]1CCCCN1C(=O)C1CC=CCC1. The molecule has 2 rings (SSSR count). The average Bonchev–Trinajstić information content (AvgIpc) is 2.39. The Morgan fingerprint density at radius 2 is 2.00 bits per heavy atom. The number of nitrogens with zero attached hydrogens (tertiary/aromatic N) is 1. The van der Waals surface area contributed by atoms with Crippen LogP contribution in [-0.2, 0) is 9.59 Å². The zero-order valence-electron chi connectivity index (χ0n) is 9.97. The molecule has 94 valence electrons. The van der Waals surface area contributed by atoms with E-state index in [0.717, 1.165) is 32.1 Å². The number of aliphatic carboxylic acids is 1. The van der Waals surface area contributed by atoms with E-state index in [2.05, 4.69) is 6.08 Å². The van der Waals surface area contributed by atoms with Gasteiger partial charge in [-0.2, -0.15) is 0 Å². The van der Waals surface area contributed by atoms with E-state index in [1.807, 2.05) is 6.08 Å². The number of piperidine rings is 1. The third kappa shape index (κ3) is 2.68. The van der Waals surface area contributed by atoms with Crippen LogP contribution in [0.1, 0.15) is 38.5 Å². The molecule has 2 atom stereocenters. The highest BCUT2D eigenvalue weighted by atomic mass is 16.4. The molecule has 0 aromatic carbocycles. The van der Waals surface area contributed by atoms with Crippen molar-refractivity contribution in [2.24, 2.45) is 5.92 Å². The third-order valence-corrected chi connectivity index (χ3v) is 3.69. The molecule has 1 aliphatic heterocycles. The fraction of sp³-hybridized carbons (Fsp3) is 0.692. The normalized spacial score (nSPS) is 29.1. The number of carbonyl (C=O) groups is 2. The van der Waals surface area contributed by atoms with E-state index in [4.69, 9.17) is 5.11 Å². The van der Waals surface area contributed by atoms with E-state index in [9.17, 15) is 9.59 Å². The monoisotopic (exact) mass is 237 g/mol. The molecule has 0 spiro atoms. The zero-order valence-corrected chi connectivity index (χ0v) is 9.97. The van der Waals surface area contributed by atoms with E-state index in [1.54, 1.807) is 4.90 Å². The molecule has 0 saturated carbocycles. The van der Waals surface area contributed by atoms with Crippen LogP contribution in [0.4, 0.5) is 0 Å². The quantitative estimate of drug-likeness (QED) is 0.745. The van der Waals surface area contributed by atoms with Gasteiger partial charge in [-0.05, 0) is 38.5 Å². The van der Waals surface area contributed by atoms with Gasteiger partial charge in [0.1, 0.15) is 6.04 Å². The van der Waals surface area contributed by atoms with Crippen molar-refractivity contribution in [2.45, 2.75) is 44.6 Å². The number of rotatable bonds is 2. The van der Waals surface area contributed by atoms with E-state index < -0.39 is 12.0 Å². The van der Waals surface area contributed by atoms with Crippen molar-refractivity contribution in [3.05, 3.63) is 12.2 Å². The molecule has 1 heterocycles. The Morgan fingerprint density at radius 1 is 1.18 bits per heavy atom. The summed E-state index contributed by atoms with van der Waals surface area (Å²) < 4.78 is 0. The van der Waals surface area contributed by atoms with Crippen LogP contribution < -0.4 is 0 Å². The summed E-state index contributed by atoms with van der Waals surface area (Å²) in [7, 11) is 0. The Morgan fingerprint density at radius 3 is 2.65 bits per heavy atom. The van der Waals surface area contributed by atoms with Crippen LogP contribution in [0.3, 0.4) is 0 Å². The Hall–Kier alpha value is -1.32. The third-order valence-electron chi connectivity index (χ3n) is 3.69. The van der Waals surface area contributed by atoms with Crippen LogP contribution in [0.15, 0.2) is 12.2 Å². The van der Waals surface area contributed by atoms with Gasteiger partial charge in [0.25, 0.3) is 0 Å². The van der Waals surface area contributed by atoms with E-state index in [-0.39, 0.29) is 11.8 Å². The lowest BCUT2D eigenvalue weighted by molar-refractivity contribution is -0.154. The first kappa shape index (κ1) is 12.1. The molecule has 17 heavy (non-hydrogen) atoms. The van der Waals surface area contributed by atoms with Crippen molar-refractivity contribution in [3.63, 3.8) is 0 Å². The first-order valence-corrected chi connectivity index (χ1v) is 6.38. The number of likely N-dealkylation sites (tertiary alicyclic amines) is 1. The lowest BCUT2D eigenvalue weighted by Gasteiger charge is -2.35. The highest BCUT2D eigenvalue weighted by molar-refractivity contribution is 5.85. The molecule has 1 N–H and O–H groups in total. The van der Waals surface area contributed by atoms with E-state index >= 15 is 0 Å². The molecule has 0 aromatic rings. The topological polar surface area (TPSA) is 57.6 Å². The molecule has 4 heteroatoms. The number of amides is 1. The van der Waals surface area contributed by atoms with Gasteiger partial charge >= 0.3 is 5.97 Å². The second kappa shape index (κ2) is 5.34. The molecule has 0 aromatic heterocycles. The maximum absolute atomic E-state index is 12.3. The summed E-state index contributed by atoms with van der Waals surface area (Å²) in [4.78, 5) is 25.0. The Bertz CT molecular complexity index is 338. The number of hydrogen-bond acceptors (Lipinski definition) is 2. The molecule has 0 radical (unpaired) electrons. The van der Waals surface area contributed by atoms with Gasteiger partial charge in [0.15, 0.2) is 0 Å². The van der Waals surface area contributed by atoms with Gasteiger partial charge < -0.3 is 10.0 Å². The summed E-state index contributed by atoms with van der Waals surface area (Å²) in [6.07, 6.45) is 9.12. The highest BCUT2D eigenvalue weighted by Gasteiger charge is 2.34. The van der Waals surface area contributed by atoms with Crippen LogP contribution >= 0.6 is 0 Å². The minimum atomic E-state index is -0.857. The summed E-state index contributed by atoms with van der Waals surface area (Å²) in [5.74, 6) is -0.814. The van der Waals surface area contributed by atoms with Gasteiger partial charge in [-0.25, -0.2) is 4.79 Å². The fourth-order valence-corrected chi connectivity index (χ4v) is 2.70. The summed E-state index contributed by atoms with van der Waals surface area (Å²) in [6, 6.07) is -0.595. The molecule has 1 unspecified atom stereocenters. The second-order valence-corrected chi connectivity index (χ2v) is 4.86. The molecule has 1 saturated heterocycles.